The molecule has 2 rings (SSSR count). The van der Waals surface area contributed by atoms with Gasteiger partial charge in [0.15, 0.2) is 5.82 Å². The van der Waals surface area contributed by atoms with Crippen molar-refractivity contribution in [1.29, 1.82) is 0 Å². The van der Waals surface area contributed by atoms with E-state index in [9.17, 15) is 0 Å². The second-order valence-corrected chi connectivity index (χ2v) is 4.45. The van der Waals surface area contributed by atoms with Crippen molar-refractivity contribution in [2.24, 2.45) is 0 Å². The van der Waals surface area contributed by atoms with Gasteiger partial charge in [-0.05, 0) is 23.8 Å². The molecule has 19 heavy (non-hydrogen) atoms. The monoisotopic (exact) mass is 278 g/mol. The maximum absolute atomic E-state index is 9.06. The number of ether oxygens (including phenoxy) is 1. The molecule has 0 saturated carbocycles. The molecule has 0 aliphatic rings. The number of methoxy groups -OCH3 is 1. The zero-order valence-corrected chi connectivity index (χ0v) is 11.6. The number of pyridine rings is 1. The minimum atomic E-state index is -0.0780. The molecular formula is C14H15ClN2O2. The number of anilines is 2. The van der Waals surface area contributed by atoms with Crippen LogP contribution in [-0.2, 0) is 6.61 Å². The average Bonchev–Trinajstić information content (AvgIpc) is 2.46. The number of para-hydroxylation sites is 2. The summed E-state index contributed by atoms with van der Waals surface area (Å²) < 4.78 is 5.32. The van der Waals surface area contributed by atoms with Gasteiger partial charge in [0, 0.05) is 13.2 Å². The Morgan fingerprint density at radius 1 is 1.37 bits per heavy atom. The molecule has 1 N–H and O–H groups in total. The van der Waals surface area contributed by atoms with E-state index in [1.54, 1.807) is 19.4 Å². The minimum absolute atomic E-state index is 0.0780. The molecule has 0 radical (unpaired) electrons. The lowest BCUT2D eigenvalue weighted by Gasteiger charge is -2.21. The van der Waals surface area contributed by atoms with Gasteiger partial charge in [0.2, 0.25) is 0 Å². The molecule has 0 aliphatic heterocycles. The Hall–Kier alpha value is -1.78. The minimum Gasteiger partial charge on any atom is -0.495 e. The first-order valence-corrected chi connectivity index (χ1v) is 6.17. The molecule has 0 fully saturated rings. The first-order chi connectivity index (χ1) is 9.17. The van der Waals surface area contributed by atoms with Crippen LogP contribution in [0.3, 0.4) is 0 Å². The summed E-state index contributed by atoms with van der Waals surface area (Å²) in [7, 11) is 3.49. The van der Waals surface area contributed by atoms with Crippen LogP contribution >= 0.6 is 11.6 Å². The van der Waals surface area contributed by atoms with E-state index >= 15 is 0 Å². The Morgan fingerprint density at radius 2 is 2.11 bits per heavy atom. The summed E-state index contributed by atoms with van der Waals surface area (Å²) in [5.41, 5.74) is 1.55. The van der Waals surface area contributed by atoms with Gasteiger partial charge in [-0.1, -0.05) is 23.7 Å². The van der Waals surface area contributed by atoms with Crippen LogP contribution in [0.25, 0.3) is 0 Å². The Labute approximate surface area is 117 Å². The number of aliphatic hydroxyl groups excluding tert-OH is 1. The molecule has 0 amide bonds. The van der Waals surface area contributed by atoms with Crippen LogP contribution in [0, 0.1) is 0 Å². The summed E-state index contributed by atoms with van der Waals surface area (Å²) in [6.07, 6.45) is 1.60. The van der Waals surface area contributed by atoms with Crippen LogP contribution in [0.4, 0.5) is 11.5 Å². The normalized spacial score (nSPS) is 10.3. The maximum atomic E-state index is 9.06. The third-order valence-corrected chi connectivity index (χ3v) is 3.10. The fourth-order valence-electron chi connectivity index (χ4n) is 1.82. The van der Waals surface area contributed by atoms with Crippen molar-refractivity contribution in [2.45, 2.75) is 6.61 Å². The quantitative estimate of drug-likeness (QED) is 0.934. The van der Waals surface area contributed by atoms with Crippen molar-refractivity contribution in [3.05, 3.63) is 47.1 Å². The van der Waals surface area contributed by atoms with Gasteiger partial charge in [-0.2, -0.15) is 0 Å². The number of benzene rings is 1. The van der Waals surface area contributed by atoms with Crippen LogP contribution in [0.15, 0.2) is 36.5 Å². The molecule has 1 aromatic heterocycles. The largest absolute Gasteiger partial charge is 0.495 e. The molecule has 1 aromatic carbocycles. The number of nitrogens with zero attached hydrogens (tertiary/aromatic N) is 2. The molecule has 4 nitrogen and oxygen atoms in total. The molecule has 0 unspecified atom stereocenters. The Morgan fingerprint density at radius 3 is 2.74 bits per heavy atom. The molecule has 0 atom stereocenters. The number of rotatable bonds is 4. The molecule has 0 bridgehead atoms. The van der Waals surface area contributed by atoms with Gasteiger partial charge in [-0.15, -0.1) is 0 Å². The van der Waals surface area contributed by atoms with Gasteiger partial charge in [-0.3, -0.25) is 0 Å². The fourth-order valence-corrected chi connectivity index (χ4v) is 2.14. The average molecular weight is 279 g/mol. The van der Waals surface area contributed by atoms with Crippen molar-refractivity contribution in [3.63, 3.8) is 0 Å². The van der Waals surface area contributed by atoms with E-state index in [0.29, 0.717) is 16.4 Å². The van der Waals surface area contributed by atoms with Crippen LogP contribution in [0.1, 0.15) is 5.56 Å². The van der Waals surface area contributed by atoms with E-state index in [1.165, 1.54) is 0 Å². The van der Waals surface area contributed by atoms with Gasteiger partial charge in [0.1, 0.15) is 5.75 Å². The Balaban J connectivity index is 2.41. The fraction of sp³-hybridized carbons (Fsp3) is 0.214. The number of hydrogen-bond donors (Lipinski definition) is 1. The predicted molar refractivity (Wildman–Crippen MR) is 76.2 cm³/mol. The summed E-state index contributed by atoms with van der Waals surface area (Å²) in [5.74, 6) is 1.36. The number of hydrogen-bond acceptors (Lipinski definition) is 4. The van der Waals surface area contributed by atoms with E-state index in [1.807, 2.05) is 36.2 Å². The highest BCUT2D eigenvalue weighted by Crippen LogP contribution is 2.34. The van der Waals surface area contributed by atoms with Crippen molar-refractivity contribution in [3.8, 4) is 5.75 Å². The summed E-state index contributed by atoms with van der Waals surface area (Å²) in [6, 6.07) is 9.33. The summed E-state index contributed by atoms with van der Waals surface area (Å²) in [6.45, 7) is -0.0780. The third-order valence-electron chi connectivity index (χ3n) is 2.83. The van der Waals surface area contributed by atoms with E-state index in [0.717, 1.165) is 11.4 Å². The molecule has 0 spiro atoms. The van der Waals surface area contributed by atoms with Crippen molar-refractivity contribution >= 4 is 23.1 Å². The van der Waals surface area contributed by atoms with E-state index in [2.05, 4.69) is 4.98 Å². The van der Waals surface area contributed by atoms with Gasteiger partial charge in [-0.25, -0.2) is 4.98 Å². The molecule has 2 aromatic rings. The molecule has 1 heterocycles. The molecular weight excluding hydrogens is 264 g/mol. The van der Waals surface area contributed by atoms with Gasteiger partial charge < -0.3 is 14.7 Å². The first kappa shape index (κ1) is 13.6. The number of aromatic nitrogens is 1. The zero-order valence-electron chi connectivity index (χ0n) is 10.8. The molecule has 100 valence electrons. The summed E-state index contributed by atoms with van der Waals surface area (Å²) in [5, 5.41) is 9.54. The van der Waals surface area contributed by atoms with Crippen molar-refractivity contribution < 1.29 is 9.84 Å². The van der Waals surface area contributed by atoms with Crippen molar-refractivity contribution in [1.82, 2.24) is 4.98 Å². The van der Waals surface area contributed by atoms with Gasteiger partial charge >= 0.3 is 0 Å². The molecule has 0 aliphatic carbocycles. The van der Waals surface area contributed by atoms with E-state index in [4.69, 9.17) is 21.4 Å². The standard InChI is InChI=1S/C14H15ClN2O2/c1-17(12-5-3-4-6-13(12)19-2)14-11(15)7-10(9-18)8-16-14/h3-8,18H,9H2,1-2H3. The van der Waals surface area contributed by atoms with Crippen molar-refractivity contribution in [2.75, 3.05) is 19.1 Å². The summed E-state index contributed by atoms with van der Waals surface area (Å²) in [4.78, 5) is 6.13. The van der Waals surface area contributed by atoms with Crippen LogP contribution in [-0.4, -0.2) is 24.2 Å². The lowest BCUT2D eigenvalue weighted by molar-refractivity contribution is 0.281. The number of halogens is 1. The lowest BCUT2D eigenvalue weighted by Crippen LogP contribution is -2.13. The van der Waals surface area contributed by atoms with Gasteiger partial charge in [0.05, 0.1) is 24.4 Å². The predicted octanol–water partition coefficient (Wildman–Crippen LogP) is 3.00. The highest BCUT2D eigenvalue weighted by atomic mass is 35.5. The lowest BCUT2D eigenvalue weighted by atomic mass is 10.2. The second-order valence-electron chi connectivity index (χ2n) is 4.04. The Kier molecular flexibility index (Phi) is 4.24. The highest BCUT2D eigenvalue weighted by molar-refractivity contribution is 6.33. The van der Waals surface area contributed by atoms with Crippen LogP contribution in [0.2, 0.25) is 5.02 Å². The third kappa shape index (κ3) is 2.80. The van der Waals surface area contributed by atoms with Crippen LogP contribution in [0.5, 0.6) is 5.75 Å². The SMILES string of the molecule is COc1ccccc1N(C)c1ncc(CO)cc1Cl. The maximum Gasteiger partial charge on any atom is 0.151 e. The van der Waals surface area contributed by atoms with Crippen LogP contribution < -0.4 is 9.64 Å². The zero-order chi connectivity index (χ0) is 13.8. The second kappa shape index (κ2) is 5.91. The molecule has 0 saturated heterocycles. The molecule has 5 heteroatoms. The van der Waals surface area contributed by atoms with E-state index < -0.39 is 0 Å². The topological polar surface area (TPSA) is 45.6 Å². The summed E-state index contributed by atoms with van der Waals surface area (Å²) >= 11 is 6.19. The first-order valence-electron chi connectivity index (χ1n) is 5.79. The van der Waals surface area contributed by atoms with E-state index in [-0.39, 0.29) is 6.61 Å². The van der Waals surface area contributed by atoms with Gasteiger partial charge in [0.25, 0.3) is 0 Å². The Bertz CT molecular complexity index is 575. The smallest absolute Gasteiger partial charge is 0.151 e. The number of aliphatic hydroxyl groups is 1. The highest BCUT2D eigenvalue weighted by Gasteiger charge is 2.13.